The summed E-state index contributed by atoms with van der Waals surface area (Å²) in [5.74, 6) is -1.47. The van der Waals surface area contributed by atoms with E-state index in [4.69, 9.17) is 4.42 Å². The number of carbonyl (C=O) groups excluding carboxylic acids is 2. The van der Waals surface area contributed by atoms with Gasteiger partial charge in [-0.25, -0.2) is 0 Å². The second-order valence-electron chi connectivity index (χ2n) is 5.62. The zero-order valence-corrected chi connectivity index (χ0v) is 13.0. The van der Waals surface area contributed by atoms with Gasteiger partial charge in [0.15, 0.2) is 0 Å². The highest BCUT2D eigenvalue weighted by atomic mass is 16.3. The first kappa shape index (κ1) is 14.4. The number of fused-ring (bicyclic) bond motifs is 2. The monoisotopic (exact) mass is 321 g/mol. The molecule has 0 saturated heterocycles. The number of carbonyl (C=O) groups is 2. The molecule has 0 bridgehead atoms. The van der Waals surface area contributed by atoms with E-state index in [2.05, 4.69) is 10.3 Å². The summed E-state index contributed by atoms with van der Waals surface area (Å²) in [6.45, 7) is 2.40. The van der Waals surface area contributed by atoms with Crippen LogP contribution in [0.2, 0.25) is 0 Å². The van der Waals surface area contributed by atoms with Crippen molar-refractivity contribution in [1.82, 2.24) is 4.98 Å². The first-order chi connectivity index (χ1) is 11.7. The zero-order valence-electron chi connectivity index (χ0n) is 13.0. The molecule has 0 aliphatic carbocycles. The molecule has 3 aromatic rings. The fourth-order valence-electron chi connectivity index (χ4n) is 3.12. The van der Waals surface area contributed by atoms with Crippen molar-refractivity contribution in [2.45, 2.75) is 12.8 Å². The van der Waals surface area contributed by atoms with E-state index in [1.165, 1.54) is 0 Å². The first-order valence-corrected chi connectivity index (χ1v) is 7.72. The quantitative estimate of drug-likeness (QED) is 0.753. The maximum atomic E-state index is 12.7. The molecular formula is C18H15N3O3. The highest BCUT2D eigenvalue weighted by Gasteiger charge is 2.41. The number of pyridine rings is 1. The Kier molecular flexibility index (Phi) is 3.30. The molecule has 3 heterocycles. The van der Waals surface area contributed by atoms with Gasteiger partial charge in [-0.2, -0.15) is 0 Å². The van der Waals surface area contributed by atoms with E-state index >= 15 is 0 Å². The van der Waals surface area contributed by atoms with E-state index in [9.17, 15) is 9.59 Å². The topological polar surface area (TPSA) is 75.4 Å². The summed E-state index contributed by atoms with van der Waals surface area (Å²) >= 11 is 0. The Morgan fingerprint density at radius 3 is 3.00 bits per heavy atom. The lowest BCUT2D eigenvalue weighted by Crippen LogP contribution is -2.33. The lowest BCUT2D eigenvalue weighted by Gasteiger charge is -2.15. The van der Waals surface area contributed by atoms with Crippen molar-refractivity contribution in [2.75, 3.05) is 16.8 Å². The summed E-state index contributed by atoms with van der Waals surface area (Å²) in [4.78, 5) is 31.1. The third-order valence-corrected chi connectivity index (χ3v) is 4.22. The smallest absolute Gasteiger partial charge is 0.244 e. The molecule has 2 amide bonds. The summed E-state index contributed by atoms with van der Waals surface area (Å²) in [5, 5.41) is 3.67. The second-order valence-corrected chi connectivity index (χ2v) is 5.62. The van der Waals surface area contributed by atoms with Crippen molar-refractivity contribution in [3.63, 3.8) is 0 Å². The van der Waals surface area contributed by atoms with Crippen LogP contribution in [0.4, 0.5) is 11.4 Å². The SMILES string of the molecule is CCN1C(=O)C(C(=O)Nc2cccnc2)c2cc3occc3cc21. The van der Waals surface area contributed by atoms with Crippen LogP contribution >= 0.6 is 0 Å². The highest BCUT2D eigenvalue weighted by molar-refractivity contribution is 6.21. The zero-order chi connectivity index (χ0) is 16.7. The lowest BCUT2D eigenvalue weighted by molar-refractivity contribution is -0.126. The number of furan rings is 1. The normalized spacial score (nSPS) is 16.5. The van der Waals surface area contributed by atoms with Gasteiger partial charge < -0.3 is 14.6 Å². The molecule has 1 N–H and O–H groups in total. The number of anilines is 2. The molecule has 1 atom stereocenters. The second kappa shape index (κ2) is 5.49. The molecule has 0 radical (unpaired) electrons. The van der Waals surface area contributed by atoms with E-state index in [0.29, 0.717) is 23.4 Å². The molecule has 4 rings (SSSR count). The lowest BCUT2D eigenvalue weighted by atomic mass is 9.99. The molecule has 1 unspecified atom stereocenters. The maximum Gasteiger partial charge on any atom is 0.244 e. The Labute approximate surface area is 138 Å². The van der Waals surface area contributed by atoms with Crippen LogP contribution in [0.15, 0.2) is 53.4 Å². The van der Waals surface area contributed by atoms with Crippen LogP contribution in [0.1, 0.15) is 18.4 Å². The Morgan fingerprint density at radius 2 is 2.25 bits per heavy atom. The molecule has 24 heavy (non-hydrogen) atoms. The van der Waals surface area contributed by atoms with Gasteiger partial charge in [0.2, 0.25) is 11.8 Å². The largest absolute Gasteiger partial charge is 0.464 e. The van der Waals surface area contributed by atoms with Gasteiger partial charge in [0.1, 0.15) is 11.5 Å². The van der Waals surface area contributed by atoms with E-state index < -0.39 is 5.92 Å². The summed E-state index contributed by atoms with van der Waals surface area (Å²) in [5.41, 5.74) is 2.66. The number of hydrogen-bond acceptors (Lipinski definition) is 4. The Hall–Kier alpha value is -3.15. The molecule has 6 nitrogen and oxygen atoms in total. The van der Waals surface area contributed by atoms with Crippen LogP contribution < -0.4 is 10.2 Å². The van der Waals surface area contributed by atoms with Gasteiger partial charge in [-0.3, -0.25) is 14.6 Å². The minimum atomic E-state index is -0.880. The average Bonchev–Trinajstić information content (AvgIpc) is 3.14. The molecule has 120 valence electrons. The van der Waals surface area contributed by atoms with Crippen molar-refractivity contribution >= 4 is 34.2 Å². The Bertz CT molecular complexity index is 933. The van der Waals surface area contributed by atoms with Crippen LogP contribution in [-0.2, 0) is 9.59 Å². The van der Waals surface area contributed by atoms with Gasteiger partial charge >= 0.3 is 0 Å². The molecule has 1 aliphatic rings. The third-order valence-electron chi connectivity index (χ3n) is 4.22. The van der Waals surface area contributed by atoms with Crippen molar-refractivity contribution in [1.29, 1.82) is 0 Å². The van der Waals surface area contributed by atoms with Crippen molar-refractivity contribution < 1.29 is 14.0 Å². The summed E-state index contributed by atoms with van der Waals surface area (Å²) in [7, 11) is 0. The molecule has 0 saturated carbocycles. The molecule has 1 aromatic carbocycles. The summed E-state index contributed by atoms with van der Waals surface area (Å²) in [6.07, 6.45) is 4.77. The molecule has 6 heteroatoms. The molecular weight excluding hydrogens is 306 g/mol. The number of nitrogens with one attached hydrogen (secondary N) is 1. The minimum Gasteiger partial charge on any atom is -0.464 e. The van der Waals surface area contributed by atoms with Gasteiger partial charge in [0, 0.05) is 29.4 Å². The predicted octanol–water partition coefficient (Wildman–Crippen LogP) is 2.92. The minimum absolute atomic E-state index is 0.221. The number of amides is 2. The van der Waals surface area contributed by atoms with E-state index in [0.717, 1.165) is 11.1 Å². The van der Waals surface area contributed by atoms with Gasteiger partial charge in [-0.1, -0.05) is 0 Å². The van der Waals surface area contributed by atoms with Crippen LogP contribution in [0.25, 0.3) is 11.0 Å². The molecule has 2 aromatic heterocycles. The van der Waals surface area contributed by atoms with Crippen LogP contribution in [-0.4, -0.2) is 23.3 Å². The Balaban J connectivity index is 1.76. The molecule has 0 spiro atoms. The number of nitrogens with zero attached hydrogens (tertiary/aromatic N) is 2. The number of hydrogen-bond donors (Lipinski definition) is 1. The number of aromatic nitrogens is 1. The molecule has 0 fully saturated rings. The summed E-state index contributed by atoms with van der Waals surface area (Å²) in [6, 6.07) is 8.99. The third kappa shape index (κ3) is 2.15. The van der Waals surface area contributed by atoms with Gasteiger partial charge in [0.05, 0.1) is 18.1 Å². The van der Waals surface area contributed by atoms with Gasteiger partial charge in [0.25, 0.3) is 0 Å². The van der Waals surface area contributed by atoms with Crippen molar-refractivity contribution in [3.8, 4) is 0 Å². The van der Waals surface area contributed by atoms with Crippen LogP contribution in [0.3, 0.4) is 0 Å². The average molecular weight is 321 g/mol. The highest BCUT2D eigenvalue weighted by Crippen LogP contribution is 2.40. The number of rotatable bonds is 3. The Morgan fingerprint density at radius 1 is 1.38 bits per heavy atom. The number of benzene rings is 1. The van der Waals surface area contributed by atoms with Crippen molar-refractivity contribution in [2.24, 2.45) is 0 Å². The van der Waals surface area contributed by atoms with E-state index in [-0.39, 0.29) is 11.8 Å². The fraction of sp³-hybridized carbons (Fsp3) is 0.167. The van der Waals surface area contributed by atoms with E-state index in [1.807, 2.05) is 19.1 Å². The van der Waals surface area contributed by atoms with Gasteiger partial charge in [-0.15, -0.1) is 0 Å². The molecule has 1 aliphatic heterocycles. The fourth-order valence-corrected chi connectivity index (χ4v) is 3.12. The van der Waals surface area contributed by atoms with Gasteiger partial charge in [-0.05, 0) is 37.3 Å². The standard InChI is InChI=1S/C18H15N3O3/c1-2-21-14-8-11-5-7-24-15(11)9-13(14)16(18(21)23)17(22)20-12-4-3-6-19-10-12/h3-10,16H,2H2,1H3,(H,20,22). The van der Waals surface area contributed by atoms with Crippen LogP contribution in [0.5, 0.6) is 0 Å². The first-order valence-electron chi connectivity index (χ1n) is 7.72. The summed E-state index contributed by atoms with van der Waals surface area (Å²) < 4.78 is 5.42. The number of likely N-dealkylation sites (N-methyl/N-ethyl adjacent to an activating group) is 1. The van der Waals surface area contributed by atoms with E-state index in [1.54, 1.807) is 41.8 Å². The maximum absolute atomic E-state index is 12.7. The van der Waals surface area contributed by atoms with Crippen LogP contribution in [0, 0.1) is 0 Å². The van der Waals surface area contributed by atoms with Crippen molar-refractivity contribution in [3.05, 3.63) is 54.6 Å². The predicted molar refractivity (Wildman–Crippen MR) is 89.8 cm³/mol.